The van der Waals surface area contributed by atoms with Crippen molar-refractivity contribution in [1.82, 2.24) is 0 Å². The molecule has 16 heavy (non-hydrogen) atoms. The molecule has 0 heterocycles. The van der Waals surface area contributed by atoms with Crippen molar-refractivity contribution in [3.8, 4) is 0 Å². The molecule has 0 aromatic heterocycles. The minimum Gasteiger partial charge on any atom is -0.502 e. The fraction of sp³-hybridized carbons (Fsp3) is 0.833. The molecule has 0 bridgehead atoms. The Morgan fingerprint density at radius 2 is 1.50 bits per heavy atom. The lowest BCUT2D eigenvalue weighted by Crippen LogP contribution is -2.16. The quantitative estimate of drug-likeness (QED) is 0.391. The van der Waals surface area contributed by atoms with Gasteiger partial charge in [-0.3, -0.25) is 0 Å². The van der Waals surface area contributed by atoms with Gasteiger partial charge in [-0.1, -0.05) is 6.58 Å². The molecule has 0 aromatic carbocycles. The lowest BCUT2D eigenvalue weighted by molar-refractivity contribution is 0.0793. The van der Waals surface area contributed by atoms with E-state index in [9.17, 15) is 10.2 Å². The molecule has 3 atom stereocenters. The molecule has 0 aliphatic carbocycles. The molecule has 3 unspecified atom stereocenters. The van der Waals surface area contributed by atoms with Crippen LogP contribution >= 0.6 is 0 Å². The van der Waals surface area contributed by atoms with Crippen molar-refractivity contribution in [2.75, 3.05) is 6.61 Å². The van der Waals surface area contributed by atoms with Crippen LogP contribution in [0.1, 0.15) is 39.0 Å². The summed E-state index contributed by atoms with van der Waals surface area (Å²) in [4.78, 5) is 0. The Balaban J connectivity index is 3.42. The molecule has 3 N–H and O–H groups in total. The van der Waals surface area contributed by atoms with Gasteiger partial charge in [-0.2, -0.15) is 0 Å². The van der Waals surface area contributed by atoms with E-state index in [2.05, 4.69) is 6.58 Å². The van der Waals surface area contributed by atoms with Gasteiger partial charge in [0.15, 0.2) is 0 Å². The maximum atomic E-state index is 9.55. The van der Waals surface area contributed by atoms with Crippen LogP contribution in [0.2, 0.25) is 0 Å². The van der Waals surface area contributed by atoms with Gasteiger partial charge >= 0.3 is 0 Å². The van der Waals surface area contributed by atoms with Crippen molar-refractivity contribution in [1.29, 1.82) is 0 Å². The van der Waals surface area contributed by atoms with E-state index in [1.807, 2.05) is 0 Å². The standard InChI is InChI=1S/C12H24O4/c1-3-16-9-8-12(15)7-6-11(14)5-4-10(2)13/h3,10-15H,1,4-9H2,2H3. The van der Waals surface area contributed by atoms with E-state index >= 15 is 0 Å². The summed E-state index contributed by atoms with van der Waals surface area (Å²) in [5.74, 6) is 0. The predicted molar refractivity (Wildman–Crippen MR) is 62.9 cm³/mol. The minimum atomic E-state index is -0.443. The van der Waals surface area contributed by atoms with Crippen molar-refractivity contribution in [3.63, 3.8) is 0 Å². The number of hydrogen-bond acceptors (Lipinski definition) is 4. The molecule has 4 nitrogen and oxygen atoms in total. The molecule has 4 heteroatoms. The van der Waals surface area contributed by atoms with Gasteiger partial charge in [-0.25, -0.2) is 0 Å². The third kappa shape index (κ3) is 9.96. The monoisotopic (exact) mass is 232 g/mol. The summed E-state index contributed by atoms with van der Waals surface area (Å²) in [5.41, 5.74) is 0. The van der Waals surface area contributed by atoms with E-state index in [1.54, 1.807) is 6.92 Å². The molecule has 0 saturated carbocycles. The van der Waals surface area contributed by atoms with Gasteiger partial charge in [0.25, 0.3) is 0 Å². The van der Waals surface area contributed by atoms with Crippen LogP contribution in [-0.4, -0.2) is 40.2 Å². The molecule has 0 rings (SSSR count). The number of hydrogen-bond donors (Lipinski definition) is 3. The van der Waals surface area contributed by atoms with Crippen LogP contribution in [-0.2, 0) is 4.74 Å². The Hall–Kier alpha value is -0.580. The molecular formula is C12H24O4. The fourth-order valence-electron chi connectivity index (χ4n) is 1.39. The second-order valence-electron chi connectivity index (χ2n) is 4.14. The van der Waals surface area contributed by atoms with Crippen molar-refractivity contribution in [3.05, 3.63) is 12.8 Å². The molecule has 0 radical (unpaired) electrons. The van der Waals surface area contributed by atoms with Crippen LogP contribution in [0.3, 0.4) is 0 Å². The summed E-state index contributed by atoms with van der Waals surface area (Å²) in [5, 5.41) is 28.1. The summed E-state index contributed by atoms with van der Waals surface area (Å²) in [7, 11) is 0. The highest BCUT2D eigenvalue weighted by Gasteiger charge is 2.10. The normalized spacial score (nSPS) is 16.5. The molecule has 0 aliphatic heterocycles. The van der Waals surface area contributed by atoms with Gasteiger partial charge in [-0.15, -0.1) is 0 Å². The second kappa shape index (κ2) is 9.63. The second-order valence-corrected chi connectivity index (χ2v) is 4.14. The van der Waals surface area contributed by atoms with E-state index in [0.29, 0.717) is 38.7 Å². The zero-order valence-corrected chi connectivity index (χ0v) is 10.0. The third-order valence-electron chi connectivity index (χ3n) is 2.44. The third-order valence-corrected chi connectivity index (χ3v) is 2.44. The Morgan fingerprint density at radius 1 is 1.00 bits per heavy atom. The zero-order valence-electron chi connectivity index (χ0n) is 10.0. The number of ether oxygens (including phenoxy) is 1. The van der Waals surface area contributed by atoms with Gasteiger partial charge < -0.3 is 20.1 Å². The number of rotatable bonds is 10. The van der Waals surface area contributed by atoms with Crippen molar-refractivity contribution in [2.45, 2.75) is 57.3 Å². The predicted octanol–water partition coefficient (Wildman–Crippen LogP) is 1.20. The molecule has 0 aliphatic rings. The molecule has 0 spiro atoms. The maximum absolute atomic E-state index is 9.55. The van der Waals surface area contributed by atoms with Gasteiger partial charge in [-0.05, 0) is 32.6 Å². The summed E-state index contributed by atoms with van der Waals surface area (Å²) in [6.07, 6.45) is 2.93. The highest BCUT2D eigenvalue weighted by Crippen LogP contribution is 2.10. The SMILES string of the molecule is C=COCCC(O)CCC(O)CCC(C)O. The molecule has 0 fully saturated rings. The van der Waals surface area contributed by atoms with E-state index < -0.39 is 12.2 Å². The minimum absolute atomic E-state index is 0.374. The molecular weight excluding hydrogens is 208 g/mol. The largest absolute Gasteiger partial charge is 0.502 e. The van der Waals surface area contributed by atoms with Gasteiger partial charge in [0.05, 0.1) is 31.2 Å². The Morgan fingerprint density at radius 3 is 2.00 bits per heavy atom. The molecule has 0 amide bonds. The first kappa shape index (κ1) is 15.4. The molecule has 96 valence electrons. The van der Waals surface area contributed by atoms with E-state index in [-0.39, 0.29) is 6.10 Å². The van der Waals surface area contributed by atoms with Gasteiger partial charge in [0.1, 0.15) is 0 Å². The highest BCUT2D eigenvalue weighted by atomic mass is 16.5. The van der Waals surface area contributed by atoms with E-state index in [4.69, 9.17) is 9.84 Å². The number of aliphatic hydroxyl groups excluding tert-OH is 3. The van der Waals surface area contributed by atoms with Gasteiger partial charge in [0.2, 0.25) is 0 Å². The first-order valence-electron chi connectivity index (χ1n) is 5.83. The lowest BCUT2D eigenvalue weighted by Gasteiger charge is -2.14. The van der Waals surface area contributed by atoms with Crippen LogP contribution in [0.4, 0.5) is 0 Å². The van der Waals surface area contributed by atoms with Crippen LogP contribution in [0.15, 0.2) is 12.8 Å². The number of aliphatic hydroxyl groups is 3. The molecule has 0 saturated heterocycles. The summed E-state index contributed by atoms with van der Waals surface area (Å²) in [6, 6.07) is 0. The van der Waals surface area contributed by atoms with Crippen LogP contribution in [0.25, 0.3) is 0 Å². The van der Waals surface area contributed by atoms with E-state index in [1.165, 1.54) is 6.26 Å². The summed E-state index contributed by atoms with van der Waals surface area (Å²) < 4.78 is 4.90. The maximum Gasteiger partial charge on any atom is 0.0897 e. The van der Waals surface area contributed by atoms with Crippen LogP contribution in [0, 0.1) is 0 Å². The Labute approximate surface area is 97.6 Å². The first-order chi connectivity index (χ1) is 7.56. The van der Waals surface area contributed by atoms with Crippen LogP contribution < -0.4 is 0 Å². The van der Waals surface area contributed by atoms with Crippen LogP contribution in [0.5, 0.6) is 0 Å². The summed E-state index contributed by atoms with van der Waals surface area (Å²) in [6.45, 7) is 5.56. The Kier molecular flexibility index (Phi) is 9.28. The summed E-state index contributed by atoms with van der Waals surface area (Å²) >= 11 is 0. The average molecular weight is 232 g/mol. The highest BCUT2D eigenvalue weighted by molar-refractivity contribution is 4.63. The van der Waals surface area contributed by atoms with Crippen molar-refractivity contribution >= 4 is 0 Å². The fourth-order valence-corrected chi connectivity index (χ4v) is 1.39. The van der Waals surface area contributed by atoms with Crippen molar-refractivity contribution in [2.24, 2.45) is 0 Å². The topological polar surface area (TPSA) is 69.9 Å². The van der Waals surface area contributed by atoms with Gasteiger partial charge in [0, 0.05) is 6.42 Å². The Bertz CT molecular complexity index is 170. The zero-order chi connectivity index (χ0) is 12.4. The smallest absolute Gasteiger partial charge is 0.0897 e. The average Bonchev–Trinajstić information content (AvgIpc) is 2.24. The first-order valence-corrected chi connectivity index (χ1v) is 5.83. The van der Waals surface area contributed by atoms with Crippen molar-refractivity contribution < 1.29 is 20.1 Å². The lowest BCUT2D eigenvalue weighted by atomic mass is 10.0. The van der Waals surface area contributed by atoms with E-state index in [0.717, 1.165) is 0 Å². The molecule has 0 aromatic rings.